The lowest BCUT2D eigenvalue weighted by Crippen LogP contribution is -2.62. The number of carbonyl (C=O) groups is 2. The number of hydrogen-bond donors (Lipinski definition) is 1. The first-order valence-corrected chi connectivity index (χ1v) is 13.2. The van der Waals surface area contributed by atoms with Gasteiger partial charge in [-0.15, -0.1) is 5.10 Å². The van der Waals surface area contributed by atoms with Crippen molar-refractivity contribution in [3.63, 3.8) is 0 Å². The highest BCUT2D eigenvalue weighted by atomic mass is 16.6. The van der Waals surface area contributed by atoms with Crippen molar-refractivity contribution in [2.75, 3.05) is 24.6 Å². The van der Waals surface area contributed by atoms with E-state index in [1.165, 1.54) is 5.56 Å². The van der Waals surface area contributed by atoms with Gasteiger partial charge in [0, 0.05) is 24.9 Å². The first kappa shape index (κ1) is 24.9. The maximum absolute atomic E-state index is 13.1. The van der Waals surface area contributed by atoms with Crippen molar-refractivity contribution in [2.45, 2.75) is 64.1 Å². The zero-order valence-corrected chi connectivity index (χ0v) is 22.7. The second-order valence-electron chi connectivity index (χ2n) is 12.5. The van der Waals surface area contributed by atoms with Gasteiger partial charge in [0.2, 0.25) is 5.91 Å². The Kier molecular flexibility index (Phi) is 5.25. The zero-order chi connectivity index (χ0) is 27.1. The van der Waals surface area contributed by atoms with Gasteiger partial charge >= 0.3 is 5.97 Å². The van der Waals surface area contributed by atoms with E-state index in [1.54, 1.807) is 25.3 Å². The molecule has 9 heteroatoms. The average molecular weight is 518 g/mol. The second-order valence-corrected chi connectivity index (χ2v) is 12.5. The second kappa shape index (κ2) is 8.02. The molecule has 2 aromatic heterocycles. The summed E-state index contributed by atoms with van der Waals surface area (Å²) in [6.07, 6.45) is 3.31. The number of primary amides is 1. The number of amides is 1. The normalized spacial score (nSPS) is 30.4. The molecule has 0 spiro atoms. The minimum Gasteiger partial charge on any atom is -0.459 e. The molecule has 1 aromatic carbocycles. The van der Waals surface area contributed by atoms with E-state index in [-0.39, 0.29) is 18.4 Å². The van der Waals surface area contributed by atoms with E-state index in [9.17, 15) is 9.59 Å². The third-order valence-electron chi connectivity index (χ3n) is 8.56. The van der Waals surface area contributed by atoms with Gasteiger partial charge in [0.25, 0.3) is 0 Å². The van der Waals surface area contributed by atoms with E-state index in [4.69, 9.17) is 25.3 Å². The van der Waals surface area contributed by atoms with Crippen molar-refractivity contribution >= 4 is 23.2 Å². The third-order valence-corrected chi connectivity index (χ3v) is 8.56. The lowest BCUT2D eigenvalue weighted by molar-refractivity contribution is -0.186. The summed E-state index contributed by atoms with van der Waals surface area (Å²) in [6, 6.07) is 12.8. The van der Waals surface area contributed by atoms with Gasteiger partial charge in [0.15, 0.2) is 11.5 Å². The fourth-order valence-electron chi connectivity index (χ4n) is 6.66. The number of esters is 1. The summed E-state index contributed by atoms with van der Waals surface area (Å²) in [5.41, 5.74) is 7.07. The Morgan fingerprint density at radius 2 is 1.95 bits per heavy atom. The summed E-state index contributed by atoms with van der Waals surface area (Å²) >= 11 is 0. The molecule has 0 radical (unpaired) electrons. The Morgan fingerprint density at radius 3 is 2.63 bits per heavy atom. The van der Waals surface area contributed by atoms with Crippen LogP contribution in [0, 0.1) is 18.3 Å². The summed E-state index contributed by atoms with van der Waals surface area (Å²) in [5.74, 6) is -1.56. The number of nitrogens with zero attached hydrogens (tertiary/aromatic N) is 4. The molecule has 3 unspecified atom stereocenters. The van der Waals surface area contributed by atoms with Gasteiger partial charge in [-0.3, -0.25) is 9.59 Å². The van der Waals surface area contributed by atoms with Crippen LogP contribution in [0.15, 0.2) is 42.6 Å². The number of ether oxygens (including phenoxy) is 2. The monoisotopic (exact) mass is 517 g/mol. The number of anilines is 1. The van der Waals surface area contributed by atoms with Gasteiger partial charge in [0.05, 0.1) is 24.4 Å². The van der Waals surface area contributed by atoms with Crippen molar-refractivity contribution in [1.82, 2.24) is 14.6 Å². The number of fused-ring (bicyclic) bond motifs is 2. The predicted octanol–water partition coefficient (Wildman–Crippen LogP) is 3.26. The van der Waals surface area contributed by atoms with Gasteiger partial charge in [-0.05, 0) is 51.3 Å². The molecule has 4 atom stereocenters. The van der Waals surface area contributed by atoms with Crippen LogP contribution in [0.2, 0.25) is 0 Å². The summed E-state index contributed by atoms with van der Waals surface area (Å²) in [6.45, 7) is 11.6. The van der Waals surface area contributed by atoms with Gasteiger partial charge in [-0.1, -0.05) is 37.3 Å². The average Bonchev–Trinajstić information content (AvgIpc) is 3.59. The number of pyridine rings is 1. The largest absolute Gasteiger partial charge is 0.459 e. The number of benzene rings is 1. The summed E-state index contributed by atoms with van der Waals surface area (Å²) in [7, 11) is 0. The lowest BCUT2D eigenvalue weighted by atomic mass is 9.53. The molecule has 2 bridgehead atoms. The quantitative estimate of drug-likeness (QED) is 0.517. The number of nitrogens with two attached hydrogens (primary N) is 1. The molecule has 4 fully saturated rings. The predicted molar refractivity (Wildman–Crippen MR) is 142 cm³/mol. The maximum Gasteiger partial charge on any atom is 0.316 e. The van der Waals surface area contributed by atoms with E-state index in [0.29, 0.717) is 11.5 Å². The van der Waals surface area contributed by atoms with Crippen LogP contribution in [0.3, 0.4) is 0 Å². The molecule has 2 N–H and O–H groups in total. The van der Waals surface area contributed by atoms with Crippen molar-refractivity contribution < 1.29 is 19.1 Å². The molecule has 1 aliphatic carbocycles. The first-order chi connectivity index (χ1) is 17.9. The fourth-order valence-corrected chi connectivity index (χ4v) is 6.66. The molecule has 1 amide bonds. The molecule has 5 heterocycles. The van der Waals surface area contributed by atoms with Crippen molar-refractivity contribution in [3.05, 3.63) is 59.5 Å². The minimum atomic E-state index is -1.12. The highest BCUT2D eigenvalue weighted by molar-refractivity contribution is 5.92. The molecule has 38 heavy (non-hydrogen) atoms. The van der Waals surface area contributed by atoms with E-state index < -0.39 is 34.4 Å². The molecular weight excluding hydrogens is 482 g/mol. The summed E-state index contributed by atoms with van der Waals surface area (Å²) in [5, 5.41) is 4.78. The minimum absolute atomic E-state index is 0.0567. The number of hydrogen-bond acceptors (Lipinski definition) is 7. The topological polar surface area (TPSA) is 112 Å². The third kappa shape index (κ3) is 3.55. The smallest absolute Gasteiger partial charge is 0.316 e. The van der Waals surface area contributed by atoms with Crippen LogP contribution >= 0.6 is 0 Å². The molecule has 7 rings (SSSR count). The van der Waals surface area contributed by atoms with Gasteiger partial charge in [-0.25, -0.2) is 9.50 Å². The van der Waals surface area contributed by atoms with E-state index >= 15 is 0 Å². The molecule has 1 saturated carbocycles. The van der Waals surface area contributed by atoms with Crippen molar-refractivity contribution in [3.8, 4) is 0 Å². The summed E-state index contributed by atoms with van der Waals surface area (Å²) in [4.78, 5) is 32.9. The fraction of sp³-hybridized carbons (Fsp3) is 0.517. The van der Waals surface area contributed by atoms with Crippen LogP contribution in [0.25, 0.3) is 5.65 Å². The van der Waals surface area contributed by atoms with E-state index in [0.717, 1.165) is 30.8 Å². The van der Waals surface area contributed by atoms with Crippen LogP contribution in [0.5, 0.6) is 0 Å². The van der Waals surface area contributed by atoms with Crippen molar-refractivity contribution in [2.24, 2.45) is 17.1 Å². The number of rotatable bonds is 5. The lowest BCUT2D eigenvalue weighted by Gasteiger charge is -2.48. The highest BCUT2D eigenvalue weighted by Crippen LogP contribution is 2.67. The molecule has 4 aliphatic rings. The number of aromatic nitrogens is 3. The van der Waals surface area contributed by atoms with Crippen LogP contribution in [-0.2, 0) is 30.1 Å². The van der Waals surface area contributed by atoms with Crippen LogP contribution in [0.4, 0.5) is 5.69 Å². The first-order valence-electron chi connectivity index (χ1n) is 13.2. The Bertz CT molecular complexity index is 1450. The molecule has 9 nitrogen and oxygen atoms in total. The van der Waals surface area contributed by atoms with E-state index in [1.807, 2.05) is 13.1 Å². The summed E-state index contributed by atoms with van der Waals surface area (Å²) < 4.78 is 13.5. The van der Waals surface area contributed by atoms with Crippen LogP contribution in [-0.4, -0.2) is 51.8 Å². The standard InChI is InChI=1S/C29H35N5O4/c1-18-13-20(33-12-11-27(5,16-33)19-9-7-6-8-10-19)14-34-23(18)31-24(32-34)29-15-28(17-37-29,21(29)22(30)35)25(36)38-26(2,3)4/h6-10,13-14,21H,11-12,15-17H2,1-5H3,(H2,30,35)/t21?,27-,28?,29?/m0/s1. The SMILES string of the molecule is Cc1cc(N2CC[C@](C)(c3ccccc3)C2)cn2nc(C34CC(C(=O)OC(C)(C)C)(CO3)C4C(N)=O)nc12. The maximum atomic E-state index is 13.1. The molecule has 3 saturated heterocycles. The van der Waals surface area contributed by atoms with Crippen molar-refractivity contribution in [1.29, 1.82) is 0 Å². The van der Waals surface area contributed by atoms with Crippen LogP contribution < -0.4 is 10.6 Å². The Morgan fingerprint density at radius 1 is 1.21 bits per heavy atom. The Balaban J connectivity index is 1.31. The van der Waals surface area contributed by atoms with Crippen LogP contribution in [0.1, 0.15) is 57.5 Å². The Labute approximate surface area is 222 Å². The van der Waals surface area contributed by atoms with Gasteiger partial charge < -0.3 is 20.1 Å². The highest BCUT2D eigenvalue weighted by Gasteiger charge is 2.79. The zero-order valence-electron chi connectivity index (χ0n) is 22.7. The molecule has 3 aromatic rings. The van der Waals surface area contributed by atoms with Gasteiger partial charge in [0.1, 0.15) is 16.6 Å². The molecule has 200 valence electrons. The molecule has 3 aliphatic heterocycles. The molecular formula is C29H35N5O4. The van der Waals surface area contributed by atoms with E-state index in [2.05, 4.69) is 48.2 Å². The number of aryl methyl sites for hydroxylation is 1. The Hall–Kier alpha value is -3.46. The van der Waals surface area contributed by atoms with Gasteiger partial charge in [-0.2, -0.15) is 0 Å². The number of carbonyl (C=O) groups excluding carboxylic acids is 2.